The van der Waals surface area contributed by atoms with Crippen molar-refractivity contribution in [2.24, 2.45) is 0 Å². The van der Waals surface area contributed by atoms with Crippen molar-refractivity contribution in [2.75, 3.05) is 0 Å². The van der Waals surface area contributed by atoms with Crippen LogP contribution >= 0.6 is 22.6 Å². The van der Waals surface area contributed by atoms with E-state index in [1.165, 1.54) is 0 Å². The van der Waals surface area contributed by atoms with Crippen LogP contribution in [0.4, 0.5) is 0 Å². The Bertz CT molecular complexity index is 188. The van der Waals surface area contributed by atoms with Crippen molar-refractivity contribution in [3.05, 3.63) is 30.1 Å². The van der Waals surface area contributed by atoms with Gasteiger partial charge in [-0.3, -0.25) is 4.98 Å². The highest BCUT2D eigenvalue weighted by Crippen LogP contribution is 2.05. The van der Waals surface area contributed by atoms with E-state index in [-0.39, 0.29) is 4.11 Å². The fraction of sp³-hybridized carbons (Fsp3) is 0.286. The minimum Gasteiger partial charge on any atom is -0.382 e. The topological polar surface area (TPSA) is 33.1 Å². The Hall–Kier alpha value is -0.160. The second-order valence-corrected chi connectivity index (χ2v) is 3.44. The molecule has 1 aromatic heterocycles. The van der Waals surface area contributed by atoms with Crippen LogP contribution in [-0.4, -0.2) is 14.2 Å². The van der Waals surface area contributed by atoms with Gasteiger partial charge in [0.15, 0.2) is 0 Å². The van der Waals surface area contributed by atoms with E-state index in [1.807, 2.05) is 34.7 Å². The van der Waals surface area contributed by atoms with E-state index in [0.717, 1.165) is 5.56 Å². The average molecular weight is 249 g/mol. The lowest BCUT2D eigenvalue weighted by Crippen LogP contribution is -1.99. The third kappa shape index (κ3) is 2.62. The molecule has 0 amide bonds. The summed E-state index contributed by atoms with van der Waals surface area (Å²) in [7, 11) is 0. The van der Waals surface area contributed by atoms with E-state index in [4.69, 9.17) is 5.11 Å². The Balaban J connectivity index is 2.59. The Morgan fingerprint density at radius 3 is 3.00 bits per heavy atom. The summed E-state index contributed by atoms with van der Waals surface area (Å²) in [4.78, 5) is 3.92. The molecule has 0 radical (unpaired) electrons. The van der Waals surface area contributed by atoms with Crippen molar-refractivity contribution in [3.8, 4) is 0 Å². The van der Waals surface area contributed by atoms with Gasteiger partial charge in [0, 0.05) is 18.8 Å². The van der Waals surface area contributed by atoms with E-state index < -0.39 is 0 Å². The molecule has 0 aliphatic carbocycles. The van der Waals surface area contributed by atoms with E-state index in [9.17, 15) is 0 Å². The summed E-state index contributed by atoms with van der Waals surface area (Å²) in [5.74, 6) is 0. The minimum atomic E-state index is -0.304. The van der Waals surface area contributed by atoms with Gasteiger partial charge in [0.25, 0.3) is 0 Å². The zero-order valence-electron chi connectivity index (χ0n) is 5.37. The summed E-state index contributed by atoms with van der Waals surface area (Å²) in [6, 6.07) is 3.82. The van der Waals surface area contributed by atoms with Gasteiger partial charge < -0.3 is 5.11 Å². The molecule has 1 atom stereocenters. The molecule has 0 aromatic carbocycles. The SMILES string of the molecule is OC(I)Cc1cccnc1. The molecule has 0 bridgehead atoms. The van der Waals surface area contributed by atoms with Gasteiger partial charge in [-0.05, 0) is 11.6 Å². The lowest BCUT2D eigenvalue weighted by molar-refractivity contribution is 0.280. The van der Waals surface area contributed by atoms with Crippen LogP contribution in [0.15, 0.2) is 24.5 Å². The number of halogens is 1. The predicted octanol–water partition coefficient (Wildman–Crippen LogP) is 1.38. The first kappa shape index (κ1) is 7.94. The number of hydrogen-bond acceptors (Lipinski definition) is 2. The summed E-state index contributed by atoms with van der Waals surface area (Å²) in [6.07, 6.45) is 4.17. The molecule has 1 unspecified atom stereocenters. The summed E-state index contributed by atoms with van der Waals surface area (Å²) in [5, 5.41) is 8.96. The molecule has 0 saturated carbocycles. The van der Waals surface area contributed by atoms with Crippen molar-refractivity contribution in [1.82, 2.24) is 4.98 Å². The van der Waals surface area contributed by atoms with Gasteiger partial charge >= 0.3 is 0 Å². The zero-order chi connectivity index (χ0) is 7.40. The smallest absolute Gasteiger partial charge is 0.109 e. The summed E-state index contributed by atoms with van der Waals surface area (Å²) >= 11 is 1.97. The van der Waals surface area contributed by atoms with Crippen LogP contribution in [0.3, 0.4) is 0 Å². The van der Waals surface area contributed by atoms with Crippen LogP contribution in [0.2, 0.25) is 0 Å². The van der Waals surface area contributed by atoms with Gasteiger partial charge in [0.05, 0.1) is 0 Å². The molecule has 1 aromatic rings. The van der Waals surface area contributed by atoms with E-state index >= 15 is 0 Å². The maximum Gasteiger partial charge on any atom is 0.109 e. The molecule has 0 saturated heterocycles. The van der Waals surface area contributed by atoms with Gasteiger partial charge in [-0.2, -0.15) is 0 Å². The van der Waals surface area contributed by atoms with Crippen molar-refractivity contribution < 1.29 is 5.11 Å². The average Bonchev–Trinajstić information content (AvgIpc) is 1.88. The standard InChI is InChI=1S/C7H8INO/c8-7(10)4-6-2-1-3-9-5-6/h1-3,5,7,10H,4H2. The van der Waals surface area contributed by atoms with Crippen LogP contribution < -0.4 is 0 Å². The highest BCUT2D eigenvalue weighted by atomic mass is 127. The number of aliphatic hydroxyl groups is 1. The normalized spacial score (nSPS) is 13.0. The van der Waals surface area contributed by atoms with Gasteiger partial charge in [0.1, 0.15) is 4.11 Å². The molecule has 0 fully saturated rings. The number of hydrogen-bond donors (Lipinski definition) is 1. The monoisotopic (exact) mass is 249 g/mol. The quantitative estimate of drug-likeness (QED) is 0.634. The highest BCUT2D eigenvalue weighted by molar-refractivity contribution is 14.1. The summed E-state index contributed by atoms with van der Waals surface area (Å²) in [5.41, 5.74) is 1.07. The van der Waals surface area contributed by atoms with Crippen LogP contribution in [0.25, 0.3) is 0 Å². The van der Waals surface area contributed by atoms with E-state index in [2.05, 4.69) is 4.98 Å². The molecule has 54 valence electrons. The molecule has 10 heavy (non-hydrogen) atoms. The third-order valence-corrected chi connectivity index (χ3v) is 1.57. The fourth-order valence-electron chi connectivity index (χ4n) is 0.713. The van der Waals surface area contributed by atoms with Crippen molar-refractivity contribution >= 4 is 22.6 Å². The molecule has 0 spiro atoms. The molecule has 1 N–H and O–H groups in total. The Kier molecular flexibility index (Phi) is 3.08. The first-order chi connectivity index (χ1) is 4.79. The maximum atomic E-state index is 8.96. The highest BCUT2D eigenvalue weighted by Gasteiger charge is 1.97. The van der Waals surface area contributed by atoms with Gasteiger partial charge in [-0.25, -0.2) is 0 Å². The molecular formula is C7H8INO. The van der Waals surface area contributed by atoms with E-state index in [0.29, 0.717) is 6.42 Å². The van der Waals surface area contributed by atoms with Crippen LogP contribution in [0, 0.1) is 0 Å². The molecule has 0 aliphatic rings. The third-order valence-electron chi connectivity index (χ3n) is 1.13. The Labute approximate surface area is 73.4 Å². The number of aromatic nitrogens is 1. The second-order valence-electron chi connectivity index (χ2n) is 2.00. The van der Waals surface area contributed by atoms with E-state index in [1.54, 1.807) is 12.4 Å². The second kappa shape index (κ2) is 3.88. The molecule has 1 rings (SSSR count). The lowest BCUT2D eigenvalue weighted by atomic mass is 10.2. The number of alkyl halides is 1. The van der Waals surface area contributed by atoms with Crippen molar-refractivity contribution in [2.45, 2.75) is 10.5 Å². The largest absolute Gasteiger partial charge is 0.382 e. The lowest BCUT2D eigenvalue weighted by Gasteiger charge is -1.99. The van der Waals surface area contributed by atoms with Gasteiger partial charge in [-0.15, -0.1) is 0 Å². The summed E-state index contributed by atoms with van der Waals surface area (Å²) < 4.78 is -0.304. The van der Waals surface area contributed by atoms with Crippen molar-refractivity contribution in [1.29, 1.82) is 0 Å². The van der Waals surface area contributed by atoms with Crippen molar-refractivity contribution in [3.63, 3.8) is 0 Å². The number of pyridine rings is 1. The van der Waals surface area contributed by atoms with Crippen LogP contribution in [-0.2, 0) is 6.42 Å². The van der Waals surface area contributed by atoms with Gasteiger partial charge in [-0.1, -0.05) is 28.7 Å². The molecule has 3 heteroatoms. The summed E-state index contributed by atoms with van der Waals surface area (Å²) in [6.45, 7) is 0. The van der Waals surface area contributed by atoms with Crippen LogP contribution in [0.5, 0.6) is 0 Å². The fourth-order valence-corrected chi connectivity index (χ4v) is 1.22. The molecule has 0 aliphatic heterocycles. The Morgan fingerprint density at radius 1 is 1.70 bits per heavy atom. The first-order valence-electron chi connectivity index (χ1n) is 3.00. The number of nitrogens with zero attached hydrogens (tertiary/aromatic N) is 1. The Morgan fingerprint density at radius 2 is 2.50 bits per heavy atom. The molecule has 1 heterocycles. The minimum absolute atomic E-state index is 0.304. The zero-order valence-corrected chi connectivity index (χ0v) is 7.52. The molecule has 2 nitrogen and oxygen atoms in total. The number of aliphatic hydroxyl groups excluding tert-OH is 1. The first-order valence-corrected chi connectivity index (χ1v) is 4.24. The van der Waals surface area contributed by atoms with Gasteiger partial charge in [0.2, 0.25) is 0 Å². The predicted molar refractivity (Wildman–Crippen MR) is 48.0 cm³/mol. The van der Waals surface area contributed by atoms with Crippen LogP contribution in [0.1, 0.15) is 5.56 Å². The molecular weight excluding hydrogens is 241 g/mol. The maximum absolute atomic E-state index is 8.96. The number of rotatable bonds is 2.